The Balaban J connectivity index is 1.78. The molecule has 1 heterocycles. The lowest BCUT2D eigenvalue weighted by Crippen LogP contribution is -2.15. The van der Waals surface area contributed by atoms with Crippen LogP contribution in [0.3, 0.4) is 0 Å². The zero-order valence-corrected chi connectivity index (χ0v) is 19.7. The van der Waals surface area contributed by atoms with Crippen LogP contribution in [-0.2, 0) is 4.74 Å². The smallest absolute Gasteiger partial charge is 0.375 e. The Morgan fingerprint density at radius 2 is 1.77 bits per heavy atom. The first-order valence-corrected chi connectivity index (χ1v) is 11.1. The van der Waals surface area contributed by atoms with Gasteiger partial charge in [-0.2, -0.15) is 0 Å². The summed E-state index contributed by atoms with van der Waals surface area (Å²) in [6.07, 6.45) is 0. The van der Waals surface area contributed by atoms with Crippen molar-refractivity contribution in [2.75, 3.05) is 6.61 Å². The number of benzene rings is 3. The number of rotatable bonds is 6. The van der Waals surface area contributed by atoms with Crippen LogP contribution in [0.1, 0.15) is 27.8 Å². The number of carbonyl (C=O) groups excluding carboxylic acids is 2. The standard InChI is InChI=1S/C25H16BrNO8/c1-2-33-25(30)23-21(14-6-8-16(26)9-7-14)22(28)19-11-10-18(13-20(19)35-23)34-24(29)15-4-3-5-17(12-15)27(31)32/h3-13H,2H2,1H3. The minimum atomic E-state index is -0.840. The van der Waals surface area contributed by atoms with E-state index in [1.807, 2.05) is 0 Å². The summed E-state index contributed by atoms with van der Waals surface area (Å²) in [6, 6.07) is 16.0. The van der Waals surface area contributed by atoms with Crippen molar-refractivity contribution in [3.8, 4) is 16.9 Å². The lowest BCUT2D eigenvalue weighted by Gasteiger charge is -2.11. The molecule has 176 valence electrons. The van der Waals surface area contributed by atoms with Gasteiger partial charge in [0.1, 0.15) is 11.3 Å². The Morgan fingerprint density at radius 3 is 2.46 bits per heavy atom. The Morgan fingerprint density at radius 1 is 1.03 bits per heavy atom. The molecule has 0 aliphatic carbocycles. The first kappa shape index (κ1) is 23.8. The van der Waals surface area contributed by atoms with E-state index in [4.69, 9.17) is 13.9 Å². The van der Waals surface area contributed by atoms with E-state index in [-0.39, 0.29) is 45.9 Å². The van der Waals surface area contributed by atoms with E-state index in [1.165, 1.54) is 36.4 Å². The molecule has 1 aromatic heterocycles. The molecule has 0 N–H and O–H groups in total. The summed E-state index contributed by atoms with van der Waals surface area (Å²) in [5.41, 5.74) is -0.239. The van der Waals surface area contributed by atoms with Crippen molar-refractivity contribution >= 4 is 44.5 Å². The summed E-state index contributed by atoms with van der Waals surface area (Å²) in [5, 5.41) is 11.1. The molecule has 0 saturated heterocycles. The second kappa shape index (κ2) is 9.90. The summed E-state index contributed by atoms with van der Waals surface area (Å²) in [6.45, 7) is 1.70. The fraction of sp³-hybridized carbons (Fsp3) is 0.0800. The zero-order chi connectivity index (χ0) is 25.1. The van der Waals surface area contributed by atoms with Crippen LogP contribution in [0.15, 0.2) is 80.4 Å². The van der Waals surface area contributed by atoms with Crippen molar-refractivity contribution in [2.24, 2.45) is 0 Å². The summed E-state index contributed by atoms with van der Waals surface area (Å²) in [7, 11) is 0. The number of nitro groups is 1. The number of carbonyl (C=O) groups is 2. The predicted octanol–water partition coefficient (Wildman–Crippen LogP) is 5.53. The van der Waals surface area contributed by atoms with Crippen LogP contribution in [0.2, 0.25) is 0 Å². The molecule has 9 nitrogen and oxygen atoms in total. The molecule has 4 aromatic rings. The third-order valence-corrected chi connectivity index (χ3v) is 5.49. The Labute approximate surface area is 206 Å². The first-order valence-electron chi connectivity index (χ1n) is 10.3. The van der Waals surface area contributed by atoms with E-state index in [9.17, 15) is 24.5 Å². The lowest BCUT2D eigenvalue weighted by atomic mass is 10.0. The number of nitro benzene ring substituents is 1. The SMILES string of the molecule is CCOC(=O)c1oc2cc(OC(=O)c3cccc([N+](=O)[O-])c3)ccc2c(=O)c1-c1ccc(Br)cc1. The van der Waals surface area contributed by atoms with Gasteiger partial charge in [-0.3, -0.25) is 14.9 Å². The van der Waals surface area contributed by atoms with Crippen molar-refractivity contribution in [3.05, 3.63) is 103 Å². The van der Waals surface area contributed by atoms with E-state index in [2.05, 4.69) is 15.9 Å². The highest BCUT2D eigenvalue weighted by atomic mass is 79.9. The van der Waals surface area contributed by atoms with Crippen molar-refractivity contribution < 1.29 is 28.4 Å². The maximum Gasteiger partial charge on any atom is 0.375 e. The summed E-state index contributed by atoms with van der Waals surface area (Å²) in [4.78, 5) is 48.8. The van der Waals surface area contributed by atoms with E-state index >= 15 is 0 Å². The number of ether oxygens (including phenoxy) is 2. The maximum atomic E-state index is 13.3. The average molecular weight is 538 g/mol. The molecule has 0 amide bonds. The molecule has 0 fully saturated rings. The van der Waals surface area contributed by atoms with Gasteiger partial charge in [-0.05, 0) is 42.8 Å². The molecule has 0 aliphatic heterocycles. The molecular weight excluding hydrogens is 522 g/mol. The number of hydrogen-bond donors (Lipinski definition) is 0. The van der Waals surface area contributed by atoms with E-state index in [1.54, 1.807) is 31.2 Å². The topological polar surface area (TPSA) is 126 Å². The molecule has 35 heavy (non-hydrogen) atoms. The van der Waals surface area contributed by atoms with E-state index in [0.717, 1.165) is 10.5 Å². The Kier molecular flexibility index (Phi) is 6.74. The Bertz CT molecular complexity index is 1530. The molecule has 0 bridgehead atoms. The summed E-state index contributed by atoms with van der Waals surface area (Å²) >= 11 is 3.34. The highest BCUT2D eigenvalue weighted by Gasteiger charge is 2.24. The molecule has 0 radical (unpaired) electrons. The van der Waals surface area contributed by atoms with Crippen LogP contribution in [0.4, 0.5) is 5.69 Å². The van der Waals surface area contributed by atoms with Gasteiger partial charge in [0.05, 0.1) is 28.0 Å². The van der Waals surface area contributed by atoms with Crippen LogP contribution in [0.25, 0.3) is 22.1 Å². The van der Waals surface area contributed by atoms with Gasteiger partial charge in [0.25, 0.3) is 5.69 Å². The van der Waals surface area contributed by atoms with Gasteiger partial charge in [-0.15, -0.1) is 0 Å². The number of non-ortho nitro benzene ring substituents is 1. The van der Waals surface area contributed by atoms with Crippen LogP contribution < -0.4 is 10.2 Å². The number of nitrogens with zero attached hydrogens (tertiary/aromatic N) is 1. The third kappa shape index (κ3) is 4.97. The highest BCUT2D eigenvalue weighted by molar-refractivity contribution is 9.10. The fourth-order valence-corrected chi connectivity index (χ4v) is 3.63. The van der Waals surface area contributed by atoms with Crippen LogP contribution in [-0.4, -0.2) is 23.5 Å². The number of fused-ring (bicyclic) bond motifs is 1. The van der Waals surface area contributed by atoms with Crippen LogP contribution in [0, 0.1) is 10.1 Å². The number of esters is 2. The van der Waals surface area contributed by atoms with Gasteiger partial charge in [0.15, 0.2) is 0 Å². The molecule has 10 heteroatoms. The zero-order valence-electron chi connectivity index (χ0n) is 18.1. The van der Waals surface area contributed by atoms with Crippen LogP contribution >= 0.6 is 15.9 Å². The normalized spacial score (nSPS) is 10.7. The molecule has 0 spiro atoms. The van der Waals surface area contributed by atoms with Gasteiger partial charge in [-0.1, -0.05) is 34.1 Å². The maximum absolute atomic E-state index is 13.3. The quantitative estimate of drug-likeness (QED) is 0.136. The molecule has 3 aromatic carbocycles. The number of hydrogen-bond acceptors (Lipinski definition) is 8. The van der Waals surface area contributed by atoms with Gasteiger partial charge in [0.2, 0.25) is 11.2 Å². The lowest BCUT2D eigenvalue weighted by molar-refractivity contribution is -0.384. The molecule has 4 rings (SSSR count). The van der Waals surface area contributed by atoms with Gasteiger partial charge in [0, 0.05) is 22.7 Å². The monoisotopic (exact) mass is 537 g/mol. The molecule has 0 atom stereocenters. The van der Waals surface area contributed by atoms with E-state index in [0.29, 0.717) is 5.56 Å². The van der Waals surface area contributed by atoms with Crippen molar-refractivity contribution in [1.82, 2.24) is 0 Å². The summed E-state index contributed by atoms with van der Waals surface area (Å²) < 4.78 is 17.0. The summed E-state index contributed by atoms with van der Waals surface area (Å²) in [5.74, 6) is -1.92. The first-order chi connectivity index (χ1) is 16.8. The van der Waals surface area contributed by atoms with Gasteiger partial charge in [-0.25, -0.2) is 9.59 Å². The van der Waals surface area contributed by atoms with Gasteiger partial charge < -0.3 is 13.9 Å². The average Bonchev–Trinajstić information content (AvgIpc) is 2.84. The highest BCUT2D eigenvalue weighted by Crippen LogP contribution is 2.29. The van der Waals surface area contributed by atoms with Crippen molar-refractivity contribution in [2.45, 2.75) is 6.92 Å². The molecule has 0 saturated carbocycles. The van der Waals surface area contributed by atoms with E-state index < -0.39 is 22.3 Å². The second-order valence-corrected chi connectivity index (χ2v) is 8.13. The minimum absolute atomic E-state index is 0.00302. The number of halogens is 1. The fourth-order valence-electron chi connectivity index (χ4n) is 3.37. The third-order valence-electron chi connectivity index (χ3n) is 4.96. The molecule has 0 aliphatic rings. The molecular formula is C25H16BrNO8. The van der Waals surface area contributed by atoms with Crippen molar-refractivity contribution in [3.63, 3.8) is 0 Å². The minimum Gasteiger partial charge on any atom is -0.460 e. The Hall–Kier alpha value is -4.31. The molecule has 0 unspecified atom stereocenters. The van der Waals surface area contributed by atoms with Gasteiger partial charge >= 0.3 is 11.9 Å². The predicted molar refractivity (Wildman–Crippen MR) is 130 cm³/mol. The largest absolute Gasteiger partial charge is 0.460 e. The van der Waals surface area contributed by atoms with Crippen LogP contribution in [0.5, 0.6) is 5.75 Å². The van der Waals surface area contributed by atoms with Crippen molar-refractivity contribution in [1.29, 1.82) is 0 Å². The second-order valence-electron chi connectivity index (χ2n) is 7.22.